The number of aromatic nitrogens is 1. The van der Waals surface area contributed by atoms with E-state index in [0.717, 1.165) is 99.5 Å². The first-order chi connectivity index (χ1) is 30.6. The number of aliphatic imine (C=N–C) groups is 2. The molecule has 0 spiro atoms. The van der Waals surface area contributed by atoms with Crippen LogP contribution >= 0.6 is 0 Å². The summed E-state index contributed by atoms with van der Waals surface area (Å²) in [5, 5.41) is 11.3. The second-order valence-corrected chi connectivity index (χ2v) is 16.5. The fourth-order valence-corrected chi connectivity index (χ4v) is 9.87. The first-order valence-electron chi connectivity index (χ1n) is 21.3. The van der Waals surface area contributed by atoms with Crippen LogP contribution in [0.4, 0.5) is 0 Å². The van der Waals surface area contributed by atoms with Gasteiger partial charge in [-0.3, -0.25) is 0 Å². The third kappa shape index (κ3) is 5.28. The van der Waals surface area contributed by atoms with Gasteiger partial charge in [-0.15, -0.1) is 0 Å². The number of furan rings is 2. The van der Waals surface area contributed by atoms with Crippen LogP contribution in [-0.2, 0) is 0 Å². The van der Waals surface area contributed by atoms with Gasteiger partial charge in [0.05, 0.1) is 33.7 Å². The van der Waals surface area contributed by atoms with Gasteiger partial charge in [-0.25, -0.2) is 9.98 Å². The molecule has 13 rings (SSSR count). The molecule has 1 unspecified atom stereocenters. The molecule has 62 heavy (non-hydrogen) atoms. The maximum Gasteiger partial charge on any atom is 0.160 e. The summed E-state index contributed by atoms with van der Waals surface area (Å²) in [7, 11) is 0. The van der Waals surface area contributed by atoms with Crippen LogP contribution in [0.25, 0.3) is 98.6 Å². The number of nitrogens with zero attached hydrogens (tertiary/aromatic N) is 3. The Kier molecular flexibility index (Phi) is 7.58. The van der Waals surface area contributed by atoms with E-state index >= 15 is 0 Å². The minimum atomic E-state index is 0.0326. The van der Waals surface area contributed by atoms with Gasteiger partial charge in [-0.1, -0.05) is 140 Å². The second kappa shape index (κ2) is 13.5. The van der Waals surface area contributed by atoms with Gasteiger partial charge in [0.2, 0.25) is 0 Å². The fraction of sp³-hybridized carbons (Fsp3) is 0.0526. The lowest BCUT2D eigenvalue weighted by Crippen LogP contribution is -2.17. The number of allylic oxidation sites excluding steroid dienone is 1. The number of fused-ring (bicyclic) bond motifs is 11. The van der Waals surface area contributed by atoms with Crippen molar-refractivity contribution in [3.05, 3.63) is 205 Å². The van der Waals surface area contributed by atoms with Crippen molar-refractivity contribution in [3.8, 4) is 5.69 Å². The zero-order chi connectivity index (χ0) is 40.9. The average molecular weight is 796 g/mol. The minimum absolute atomic E-state index is 0.0326. The Balaban J connectivity index is 1.11. The van der Waals surface area contributed by atoms with Crippen molar-refractivity contribution in [2.24, 2.45) is 15.9 Å². The molecule has 0 fully saturated rings. The van der Waals surface area contributed by atoms with Gasteiger partial charge in [0.25, 0.3) is 0 Å². The molecular formula is C57H37N3O2. The molecule has 0 N–H and O–H groups in total. The van der Waals surface area contributed by atoms with Crippen LogP contribution < -0.4 is 0 Å². The van der Waals surface area contributed by atoms with E-state index in [9.17, 15) is 0 Å². The maximum absolute atomic E-state index is 6.97. The molecule has 0 bridgehead atoms. The van der Waals surface area contributed by atoms with Gasteiger partial charge in [0, 0.05) is 49.4 Å². The molecule has 4 heterocycles. The van der Waals surface area contributed by atoms with Crippen molar-refractivity contribution in [2.45, 2.75) is 13.3 Å². The quantitative estimate of drug-likeness (QED) is 0.178. The zero-order valence-corrected chi connectivity index (χ0v) is 33.8. The Morgan fingerprint density at radius 1 is 0.484 bits per heavy atom. The second-order valence-electron chi connectivity index (χ2n) is 16.5. The lowest BCUT2D eigenvalue weighted by atomic mass is 9.92. The van der Waals surface area contributed by atoms with E-state index in [1.165, 1.54) is 21.5 Å². The molecule has 0 radical (unpaired) electrons. The van der Waals surface area contributed by atoms with Crippen LogP contribution in [0.2, 0.25) is 0 Å². The van der Waals surface area contributed by atoms with Crippen LogP contribution in [0.3, 0.4) is 0 Å². The summed E-state index contributed by atoms with van der Waals surface area (Å²) in [5.41, 5.74) is 11.3. The smallest absolute Gasteiger partial charge is 0.160 e. The Morgan fingerprint density at radius 3 is 1.97 bits per heavy atom. The van der Waals surface area contributed by atoms with E-state index in [1.807, 2.05) is 18.2 Å². The van der Waals surface area contributed by atoms with E-state index < -0.39 is 0 Å². The number of hydrogen-bond donors (Lipinski definition) is 0. The summed E-state index contributed by atoms with van der Waals surface area (Å²) >= 11 is 0. The topological polar surface area (TPSA) is 55.9 Å². The normalized spacial score (nSPS) is 15.8. The molecule has 1 atom stereocenters. The maximum atomic E-state index is 6.97. The molecule has 5 nitrogen and oxygen atoms in total. The number of amidine groups is 1. The van der Waals surface area contributed by atoms with Crippen molar-refractivity contribution in [2.75, 3.05) is 0 Å². The first kappa shape index (κ1) is 34.8. The predicted octanol–water partition coefficient (Wildman–Crippen LogP) is 15.2. The Bertz CT molecular complexity index is 3920. The van der Waals surface area contributed by atoms with Crippen molar-refractivity contribution in [1.82, 2.24) is 4.57 Å². The lowest BCUT2D eigenvalue weighted by Gasteiger charge is -2.20. The molecule has 1 aliphatic heterocycles. The monoisotopic (exact) mass is 795 g/mol. The summed E-state index contributed by atoms with van der Waals surface area (Å²) in [6, 6.07) is 64.4. The molecule has 0 amide bonds. The van der Waals surface area contributed by atoms with Crippen LogP contribution in [0.1, 0.15) is 30.0 Å². The summed E-state index contributed by atoms with van der Waals surface area (Å²) in [6.07, 6.45) is 3.01. The standard InChI is InChI=1S/C57H37N3O2/c1-34-25-29-47(58-57(45-21-12-16-35-13-4-5-17-39(35)45)59-55(34)38-26-27-43-41-19-7-10-23-51(41)61-53(43)33-38)54-49(30-28-44-42-20-8-11-24-52(42)62-56(44)54)60-48-22-9-6-18-40(48)46-31-36-14-2-3-15-37(36)32-50(46)60/h2-24,26-34H,25H2,1H3/b47-29+,58-57?,59-55?. The third-order valence-electron chi connectivity index (χ3n) is 12.9. The van der Waals surface area contributed by atoms with E-state index in [1.54, 1.807) is 0 Å². The van der Waals surface area contributed by atoms with Gasteiger partial charge < -0.3 is 13.4 Å². The van der Waals surface area contributed by atoms with E-state index in [-0.39, 0.29) is 5.92 Å². The predicted molar refractivity (Wildman–Crippen MR) is 258 cm³/mol. The molecule has 12 aromatic rings. The highest BCUT2D eigenvalue weighted by molar-refractivity contribution is 6.21. The largest absolute Gasteiger partial charge is 0.456 e. The van der Waals surface area contributed by atoms with Crippen molar-refractivity contribution in [3.63, 3.8) is 0 Å². The summed E-state index contributed by atoms with van der Waals surface area (Å²) in [5.74, 6) is 0.678. The molecule has 292 valence electrons. The van der Waals surface area contributed by atoms with Crippen LogP contribution in [0, 0.1) is 5.92 Å². The molecule has 5 heteroatoms. The molecule has 0 saturated carbocycles. The molecule has 0 aliphatic carbocycles. The van der Waals surface area contributed by atoms with Gasteiger partial charge in [-0.2, -0.15) is 0 Å². The number of rotatable bonds is 4. The highest BCUT2D eigenvalue weighted by Gasteiger charge is 2.26. The molecule has 1 aliphatic rings. The summed E-state index contributed by atoms with van der Waals surface area (Å²) in [6.45, 7) is 2.27. The highest BCUT2D eigenvalue weighted by atomic mass is 16.3. The van der Waals surface area contributed by atoms with E-state index in [2.05, 4.69) is 181 Å². The van der Waals surface area contributed by atoms with Gasteiger partial charge in [-0.05, 0) is 82.6 Å². The number of benzene rings is 9. The Hall–Kier alpha value is -8.02. The third-order valence-corrected chi connectivity index (χ3v) is 12.9. The highest BCUT2D eigenvalue weighted by Crippen LogP contribution is 2.43. The fourth-order valence-electron chi connectivity index (χ4n) is 9.87. The summed E-state index contributed by atoms with van der Waals surface area (Å²) in [4.78, 5) is 11.4. The first-order valence-corrected chi connectivity index (χ1v) is 21.3. The van der Waals surface area contributed by atoms with E-state index in [4.69, 9.17) is 18.8 Å². The van der Waals surface area contributed by atoms with Crippen LogP contribution in [-0.4, -0.2) is 16.1 Å². The average Bonchev–Trinajstić information content (AvgIpc) is 3.98. The van der Waals surface area contributed by atoms with Gasteiger partial charge >= 0.3 is 0 Å². The summed E-state index contributed by atoms with van der Waals surface area (Å²) < 4.78 is 15.8. The minimum Gasteiger partial charge on any atom is -0.456 e. The lowest BCUT2D eigenvalue weighted by molar-refractivity contribution is 0.667. The Morgan fingerprint density at radius 2 is 1.13 bits per heavy atom. The number of para-hydroxylation sites is 3. The van der Waals surface area contributed by atoms with Crippen molar-refractivity contribution < 1.29 is 8.83 Å². The van der Waals surface area contributed by atoms with E-state index in [0.29, 0.717) is 12.3 Å². The molecular weight excluding hydrogens is 759 g/mol. The van der Waals surface area contributed by atoms with Crippen LogP contribution in [0.5, 0.6) is 0 Å². The van der Waals surface area contributed by atoms with Crippen LogP contribution in [0.15, 0.2) is 207 Å². The zero-order valence-electron chi connectivity index (χ0n) is 33.8. The Labute approximate surface area is 356 Å². The van der Waals surface area contributed by atoms with Gasteiger partial charge in [0.15, 0.2) is 5.84 Å². The van der Waals surface area contributed by atoms with Gasteiger partial charge in [0.1, 0.15) is 22.3 Å². The van der Waals surface area contributed by atoms with Crippen molar-refractivity contribution >= 4 is 104 Å². The molecule has 9 aromatic carbocycles. The molecule has 0 saturated heterocycles. The number of hydrogen-bond acceptors (Lipinski definition) is 4. The SMILES string of the molecule is CC1C/C=C(\c2c(-n3c4ccccc4c4cc5ccccc5cc43)ccc3c2oc2ccccc23)N=C(c2cccc3ccccc23)N=C1c1ccc2c(c1)oc1ccccc12. The van der Waals surface area contributed by atoms with Crippen molar-refractivity contribution in [1.29, 1.82) is 0 Å². The molecule has 3 aromatic heterocycles.